The van der Waals surface area contributed by atoms with E-state index < -0.39 is 5.97 Å². The Morgan fingerprint density at radius 2 is 2.22 bits per heavy atom. The van der Waals surface area contributed by atoms with Crippen LogP contribution in [0.2, 0.25) is 0 Å². The summed E-state index contributed by atoms with van der Waals surface area (Å²) in [7, 11) is 1.26. The summed E-state index contributed by atoms with van der Waals surface area (Å²) in [5, 5.41) is 0. The zero-order chi connectivity index (χ0) is 13.1. The van der Waals surface area contributed by atoms with E-state index in [4.69, 9.17) is 18.0 Å². The van der Waals surface area contributed by atoms with E-state index in [2.05, 4.69) is 19.7 Å². The van der Waals surface area contributed by atoms with Crippen molar-refractivity contribution >= 4 is 23.2 Å². The summed E-state index contributed by atoms with van der Waals surface area (Å²) < 4.78 is 6.11. The highest BCUT2D eigenvalue weighted by Gasteiger charge is 2.13. The van der Waals surface area contributed by atoms with Crippen LogP contribution in [0.5, 0.6) is 0 Å². The highest BCUT2D eigenvalue weighted by atomic mass is 32.1. The number of hydrogen-bond donors (Lipinski definition) is 1. The quantitative estimate of drug-likeness (QED) is 0.619. The molecule has 0 amide bonds. The van der Waals surface area contributed by atoms with Crippen molar-refractivity contribution in [3.8, 4) is 5.82 Å². The van der Waals surface area contributed by atoms with Crippen molar-refractivity contribution in [1.29, 1.82) is 0 Å². The Morgan fingerprint density at radius 1 is 1.44 bits per heavy atom. The van der Waals surface area contributed by atoms with E-state index in [1.165, 1.54) is 19.5 Å². The Labute approximate surface area is 108 Å². The molecule has 2 aromatic heterocycles. The van der Waals surface area contributed by atoms with Gasteiger partial charge in [-0.3, -0.25) is 4.57 Å². The van der Waals surface area contributed by atoms with Crippen LogP contribution >= 0.6 is 12.2 Å². The molecule has 92 valence electrons. The van der Waals surface area contributed by atoms with Gasteiger partial charge >= 0.3 is 5.97 Å². The van der Waals surface area contributed by atoms with Crippen molar-refractivity contribution in [2.75, 3.05) is 7.11 Å². The van der Waals surface area contributed by atoms with Gasteiger partial charge in [0.25, 0.3) is 0 Å². The van der Waals surface area contributed by atoms with Crippen molar-refractivity contribution < 1.29 is 9.53 Å². The standard InChI is InChI=1S/C10H9N5O2S/c1-17-10(16)8-12-3-2-6(14-8)15-5-4-13-9(15)7(11)18/h2-5H,1H3,(H2,11,18). The summed E-state index contributed by atoms with van der Waals surface area (Å²) in [6, 6.07) is 1.61. The third-order valence-corrected chi connectivity index (χ3v) is 2.30. The topological polar surface area (TPSA) is 95.9 Å². The van der Waals surface area contributed by atoms with Crippen molar-refractivity contribution in [1.82, 2.24) is 19.5 Å². The molecular weight excluding hydrogens is 254 g/mol. The van der Waals surface area contributed by atoms with E-state index in [1.807, 2.05) is 0 Å². The Balaban J connectivity index is 2.48. The van der Waals surface area contributed by atoms with Gasteiger partial charge in [0, 0.05) is 18.6 Å². The van der Waals surface area contributed by atoms with Crippen molar-refractivity contribution in [2.45, 2.75) is 0 Å². The largest absolute Gasteiger partial charge is 0.463 e. The van der Waals surface area contributed by atoms with Crippen molar-refractivity contribution in [3.05, 3.63) is 36.3 Å². The van der Waals surface area contributed by atoms with Gasteiger partial charge in [-0.15, -0.1) is 0 Å². The molecule has 0 spiro atoms. The molecule has 2 aromatic rings. The number of esters is 1. The molecule has 0 bridgehead atoms. The SMILES string of the molecule is COC(=O)c1nccc(-n2ccnc2C(N)=S)n1. The lowest BCUT2D eigenvalue weighted by Crippen LogP contribution is -2.17. The van der Waals surface area contributed by atoms with Gasteiger partial charge in [0.05, 0.1) is 7.11 Å². The fraction of sp³-hybridized carbons (Fsp3) is 0.100. The summed E-state index contributed by atoms with van der Waals surface area (Å²) in [6.07, 6.45) is 4.62. The number of carbonyl (C=O) groups is 1. The van der Waals surface area contributed by atoms with Crippen LogP contribution in [0.25, 0.3) is 5.82 Å². The molecule has 0 radical (unpaired) electrons. The first-order chi connectivity index (χ1) is 8.63. The van der Waals surface area contributed by atoms with E-state index in [0.717, 1.165) is 0 Å². The molecule has 18 heavy (non-hydrogen) atoms. The van der Waals surface area contributed by atoms with Crippen LogP contribution in [0.3, 0.4) is 0 Å². The van der Waals surface area contributed by atoms with Gasteiger partial charge in [-0.25, -0.2) is 19.7 Å². The number of nitrogens with zero attached hydrogens (tertiary/aromatic N) is 4. The second kappa shape index (κ2) is 4.88. The monoisotopic (exact) mass is 263 g/mol. The fourth-order valence-corrected chi connectivity index (χ4v) is 1.49. The normalized spacial score (nSPS) is 10.1. The molecule has 0 saturated carbocycles. The average Bonchev–Trinajstić information content (AvgIpc) is 2.87. The van der Waals surface area contributed by atoms with E-state index in [1.54, 1.807) is 16.8 Å². The minimum atomic E-state index is -0.617. The maximum absolute atomic E-state index is 11.3. The molecule has 0 aromatic carbocycles. The molecule has 0 unspecified atom stereocenters. The zero-order valence-corrected chi connectivity index (χ0v) is 10.2. The molecule has 8 heteroatoms. The minimum Gasteiger partial charge on any atom is -0.463 e. The number of ether oxygens (including phenoxy) is 1. The highest BCUT2D eigenvalue weighted by molar-refractivity contribution is 7.80. The maximum Gasteiger partial charge on any atom is 0.376 e. The summed E-state index contributed by atoms with van der Waals surface area (Å²) in [5.41, 5.74) is 5.53. The number of nitrogens with two attached hydrogens (primary N) is 1. The van der Waals surface area contributed by atoms with Crippen LogP contribution < -0.4 is 5.73 Å². The number of aromatic nitrogens is 4. The molecule has 0 aliphatic carbocycles. The smallest absolute Gasteiger partial charge is 0.376 e. The number of imidazole rings is 1. The molecule has 2 rings (SSSR count). The van der Waals surface area contributed by atoms with Gasteiger partial charge in [-0.2, -0.15) is 0 Å². The number of methoxy groups -OCH3 is 1. The number of hydrogen-bond acceptors (Lipinski definition) is 6. The predicted molar refractivity (Wildman–Crippen MR) is 66.4 cm³/mol. The Bertz CT molecular complexity index is 610. The van der Waals surface area contributed by atoms with E-state index >= 15 is 0 Å². The first-order valence-corrected chi connectivity index (χ1v) is 5.29. The van der Waals surface area contributed by atoms with Crippen LogP contribution in [0.15, 0.2) is 24.7 Å². The molecule has 0 fully saturated rings. The predicted octanol–water partition coefficient (Wildman–Crippen LogP) is 0.0831. The lowest BCUT2D eigenvalue weighted by molar-refractivity contribution is 0.0586. The van der Waals surface area contributed by atoms with Gasteiger partial charge in [0.2, 0.25) is 5.82 Å². The molecular formula is C10H9N5O2S. The molecule has 0 saturated heterocycles. The first kappa shape index (κ1) is 12.1. The minimum absolute atomic E-state index is 0.0439. The van der Waals surface area contributed by atoms with E-state index in [0.29, 0.717) is 11.6 Å². The molecule has 7 nitrogen and oxygen atoms in total. The molecule has 2 N–H and O–H groups in total. The third kappa shape index (κ3) is 2.18. The lowest BCUT2D eigenvalue weighted by Gasteiger charge is -2.06. The van der Waals surface area contributed by atoms with Crippen molar-refractivity contribution in [2.24, 2.45) is 5.73 Å². The Morgan fingerprint density at radius 3 is 2.89 bits per heavy atom. The van der Waals surface area contributed by atoms with E-state index in [-0.39, 0.29) is 10.8 Å². The summed E-state index contributed by atoms with van der Waals surface area (Å²) in [6.45, 7) is 0. The number of carbonyl (C=O) groups excluding carboxylic acids is 1. The summed E-state index contributed by atoms with van der Waals surface area (Å²) in [4.78, 5) is 23.3. The van der Waals surface area contributed by atoms with E-state index in [9.17, 15) is 4.79 Å². The van der Waals surface area contributed by atoms with Gasteiger partial charge in [-0.05, 0) is 6.07 Å². The Kier molecular flexibility index (Phi) is 3.28. The van der Waals surface area contributed by atoms with Gasteiger partial charge < -0.3 is 10.5 Å². The zero-order valence-electron chi connectivity index (χ0n) is 9.40. The van der Waals surface area contributed by atoms with Gasteiger partial charge in [0.1, 0.15) is 10.8 Å². The van der Waals surface area contributed by atoms with Crippen molar-refractivity contribution in [3.63, 3.8) is 0 Å². The lowest BCUT2D eigenvalue weighted by atomic mass is 10.5. The van der Waals surface area contributed by atoms with Crippen LogP contribution in [-0.4, -0.2) is 37.6 Å². The molecule has 0 aliphatic rings. The average molecular weight is 263 g/mol. The van der Waals surface area contributed by atoms with Gasteiger partial charge in [-0.1, -0.05) is 12.2 Å². The fourth-order valence-electron chi connectivity index (χ4n) is 1.34. The van der Waals surface area contributed by atoms with Gasteiger partial charge in [0.15, 0.2) is 5.82 Å². The summed E-state index contributed by atoms with van der Waals surface area (Å²) in [5.74, 6) is 0.164. The highest BCUT2D eigenvalue weighted by Crippen LogP contribution is 2.08. The second-order valence-electron chi connectivity index (χ2n) is 3.22. The second-order valence-corrected chi connectivity index (χ2v) is 3.65. The maximum atomic E-state index is 11.3. The molecule has 2 heterocycles. The van der Waals surface area contributed by atoms with Crippen LogP contribution in [0.4, 0.5) is 0 Å². The third-order valence-electron chi connectivity index (χ3n) is 2.12. The first-order valence-electron chi connectivity index (χ1n) is 4.88. The van der Waals surface area contributed by atoms with Crippen LogP contribution in [-0.2, 0) is 4.74 Å². The molecule has 0 atom stereocenters. The summed E-state index contributed by atoms with van der Waals surface area (Å²) >= 11 is 4.87. The Hall–Kier alpha value is -2.35. The number of rotatable bonds is 3. The van der Waals surface area contributed by atoms with Crippen LogP contribution in [0.1, 0.15) is 16.4 Å². The number of thiocarbonyl (C=S) groups is 1. The molecule has 0 aliphatic heterocycles. The van der Waals surface area contributed by atoms with Crippen LogP contribution in [0, 0.1) is 0 Å².